The number of aryl methyl sites for hydroxylation is 1. The topological polar surface area (TPSA) is 21.3 Å². The highest BCUT2D eigenvalue weighted by Crippen LogP contribution is 2.26. The van der Waals surface area contributed by atoms with E-state index in [1.54, 1.807) is 19.2 Å². The predicted octanol–water partition coefficient (Wildman–Crippen LogP) is 4.52. The molecule has 0 fully saturated rings. The molecule has 1 N–H and O–H groups in total. The number of rotatable bonds is 4. The third kappa shape index (κ3) is 3.47. The molecule has 0 aliphatic carbocycles. The minimum atomic E-state index is -0.221. The van der Waals surface area contributed by atoms with Gasteiger partial charge >= 0.3 is 0 Å². The normalized spacial score (nSPS) is 10.3. The highest BCUT2D eigenvalue weighted by atomic mass is 79.9. The van der Waals surface area contributed by atoms with Gasteiger partial charge in [0.25, 0.3) is 0 Å². The summed E-state index contributed by atoms with van der Waals surface area (Å²) in [5, 5.41) is 3.19. The molecule has 0 aliphatic rings. The van der Waals surface area contributed by atoms with Gasteiger partial charge in [0.2, 0.25) is 0 Å². The van der Waals surface area contributed by atoms with Crippen LogP contribution in [0.15, 0.2) is 40.9 Å². The Morgan fingerprint density at radius 1 is 1.21 bits per heavy atom. The summed E-state index contributed by atoms with van der Waals surface area (Å²) < 4.78 is 19.8. The molecule has 0 aliphatic heterocycles. The van der Waals surface area contributed by atoms with Gasteiger partial charge < -0.3 is 10.1 Å². The van der Waals surface area contributed by atoms with Gasteiger partial charge in [0.15, 0.2) is 0 Å². The molecule has 2 nitrogen and oxygen atoms in total. The van der Waals surface area contributed by atoms with Gasteiger partial charge in [-0.3, -0.25) is 0 Å². The van der Waals surface area contributed by atoms with Gasteiger partial charge in [0.1, 0.15) is 11.6 Å². The lowest BCUT2D eigenvalue weighted by molar-refractivity contribution is 0.416. The molecule has 0 amide bonds. The average Bonchev–Trinajstić information content (AvgIpc) is 2.40. The summed E-state index contributed by atoms with van der Waals surface area (Å²) >= 11 is 3.34. The van der Waals surface area contributed by atoms with Gasteiger partial charge in [-0.1, -0.05) is 22.0 Å². The summed E-state index contributed by atoms with van der Waals surface area (Å²) in [6.45, 7) is 2.41. The predicted molar refractivity (Wildman–Crippen MR) is 79.2 cm³/mol. The number of methoxy groups -OCH3 is 1. The van der Waals surface area contributed by atoms with E-state index in [9.17, 15) is 4.39 Å². The van der Waals surface area contributed by atoms with Crippen LogP contribution in [0.3, 0.4) is 0 Å². The fourth-order valence-corrected chi connectivity index (χ4v) is 2.22. The van der Waals surface area contributed by atoms with Gasteiger partial charge in [0.05, 0.1) is 12.8 Å². The van der Waals surface area contributed by atoms with Crippen molar-refractivity contribution in [2.24, 2.45) is 0 Å². The van der Waals surface area contributed by atoms with E-state index in [1.165, 1.54) is 6.07 Å². The molecule has 2 rings (SSSR count). The summed E-state index contributed by atoms with van der Waals surface area (Å²) in [6.07, 6.45) is 0. The molecular formula is C15H15BrFNO. The third-order valence-corrected chi connectivity index (χ3v) is 3.33. The number of hydrogen-bond acceptors (Lipinski definition) is 2. The van der Waals surface area contributed by atoms with E-state index in [0.717, 1.165) is 21.5 Å². The maximum Gasteiger partial charge on any atom is 0.142 e. The van der Waals surface area contributed by atoms with E-state index in [4.69, 9.17) is 4.74 Å². The number of nitrogens with one attached hydrogen (secondary N) is 1. The molecule has 19 heavy (non-hydrogen) atoms. The van der Waals surface area contributed by atoms with E-state index in [1.807, 2.05) is 25.1 Å². The second-order valence-corrected chi connectivity index (χ2v) is 5.21. The smallest absolute Gasteiger partial charge is 0.142 e. The fraction of sp³-hybridized carbons (Fsp3) is 0.200. The summed E-state index contributed by atoms with van der Waals surface area (Å²) in [4.78, 5) is 0. The Morgan fingerprint density at radius 2 is 2.00 bits per heavy atom. The summed E-state index contributed by atoms with van der Waals surface area (Å²) in [7, 11) is 1.62. The molecule has 0 aromatic heterocycles. The van der Waals surface area contributed by atoms with Crippen LogP contribution >= 0.6 is 15.9 Å². The van der Waals surface area contributed by atoms with Crippen LogP contribution in [-0.2, 0) is 6.54 Å². The molecule has 0 spiro atoms. The van der Waals surface area contributed by atoms with E-state index in [-0.39, 0.29) is 5.82 Å². The lowest BCUT2D eigenvalue weighted by Gasteiger charge is -2.12. The standard InChI is InChI=1S/C15H15BrFNO/c1-10-3-6-14(15(7-10)19-2)18-9-11-8-12(16)4-5-13(11)17/h3-8,18H,9H2,1-2H3. The first-order valence-electron chi connectivity index (χ1n) is 5.92. The summed E-state index contributed by atoms with van der Waals surface area (Å²) in [5.74, 6) is 0.539. The molecule has 0 saturated carbocycles. The largest absolute Gasteiger partial charge is 0.495 e. The van der Waals surface area contributed by atoms with Crippen LogP contribution in [0.2, 0.25) is 0 Å². The van der Waals surface area contributed by atoms with Crippen molar-refractivity contribution in [3.05, 3.63) is 57.8 Å². The van der Waals surface area contributed by atoms with E-state index in [2.05, 4.69) is 21.2 Å². The Morgan fingerprint density at radius 3 is 2.74 bits per heavy atom. The van der Waals surface area contributed by atoms with Gasteiger partial charge in [-0.15, -0.1) is 0 Å². The number of halogens is 2. The van der Waals surface area contributed by atoms with Crippen molar-refractivity contribution in [3.63, 3.8) is 0 Å². The summed E-state index contributed by atoms with van der Waals surface area (Å²) in [5.41, 5.74) is 2.58. The second kappa shape index (κ2) is 6.06. The van der Waals surface area contributed by atoms with Crippen molar-refractivity contribution in [2.45, 2.75) is 13.5 Å². The lowest BCUT2D eigenvalue weighted by Crippen LogP contribution is -2.03. The highest BCUT2D eigenvalue weighted by Gasteiger charge is 2.06. The average molecular weight is 324 g/mol. The molecule has 0 saturated heterocycles. The number of benzene rings is 2. The Kier molecular flexibility index (Phi) is 4.43. The van der Waals surface area contributed by atoms with Crippen molar-refractivity contribution < 1.29 is 9.13 Å². The first kappa shape index (κ1) is 13.9. The Hall–Kier alpha value is -1.55. The molecule has 2 aromatic rings. The molecule has 0 radical (unpaired) electrons. The van der Waals surface area contributed by atoms with Crippen LogP contribution in [-0.4, -0.2) is 7.11 Å². The van der Waals surface area contributed by atoms with E-state index >= 15 is 0 Å². The van der Waals surface area contributed by atoms with E-state index < -0.39 is 0 Å². The monoisotopic (exact) mass is 323 g/mol. The van der Waals surface area contributed by atoms with E-state index in [0.29, 0.717) is 12.1 Å². The van der Waals surface area contributed by atoms with Crippen molar-refractivity contribution in [1.29, 1.82) is 0 Å². The fourth-order valence-electron chi connectivity index (χ4n) is 1.81. The maximum absolute atomic E-state index is 13.6. The SMILES string of the molecule is COc1cc(C)ccc1NCc1cc(Br)ccc1F. The van der Waals surface area contributed by atoms with Crippen LogP contribution in [0.5, 0.6) is 5.75 Å². The van der Waals surface area contributed by atoms with Gasteiger partial charge in [-0.2, -0.15) is 0 Å². The zero-order chi connectivity index (χ0) is 13.8. The first-order chi connectivity index (χ1) is 9.10. The third-order valence-electron chi connectivity index (χ3n) is 2.83. The van der Waals surface area contributed by atoms with Crippen molar-refractivity contribution in [1.82, 2.24) is 0 Å². The van der Waals surface area contributed by atoms with Gasteiger partial charge in [-0.25, -0.2) is 4.39 Å². The molecule has 100 valence electrons. The van der Waals surface area contributed by atoms with Crippen LogP contribution in [0, 0.1) is 12.7 Å². The highest BCUT2D eigenvalue weighted by molar-refractivity contribution is 9.10. The van der Waals surface area contributed by atoms with Gasteiger partial charge in [-0.05, 0) is 42.8 Å². The van der Waals surface area contributed by atoms with Gasteiger partial charge in [0, 0.05) is 16.6 Å². The lowest BCUT2D eigenvalue weighted by atomic mass is 10.2. The van der Waals surface area contributed by atoms with Crippen LogP contribution in [0.1, 0.15) is 11.1 Å². The minimum Gasteiger partial charge on any atom is -0.495 e. The number of ether oxygens (including phenoxy) is 1. The maximum atomic E-state index is 13.6. The van der Waals surface area contributed by atoms with Crippen molar-refractivity contribution in [3.8, 4) is 5.75 Å². The van der Waals surface area contributed by atoms with Crippen molar-refractivity contribution >= 4 is 21.6 Å². The Bertz CT molecular complexity index is 586. The van der Waals surface area contributed by atoms with Crippen molar-refractivity contribution in [2.75, 3.05) is 12.4 Å². The molecule has 0 heterocycles. The molecular weight excluding hydrogens is 309 g/mol. The quantitative estimate of drug-likeness (QED) is 0.893. The summed E-state index contributed by atoms with van der Waals surface area (Å²) in [6, 6.07) is 10.8. The molecule has 2 aromatic carbocycles. The molecule has 4 heteroatoms. The molecule has 0 unspecified atom stereocenters. The zero-order valence-electron chi connectivity index (χ0n) is 10.8. The zero-order valence-corrected chi connectivity index (χ0v) is 12.4. The second-order valence-electron chi connectivity index (χ2n) is 4.29. The molecule has 0 bridgehead atoms. The minimum absolute atomic E-state index is 0.221. The Balaban J connectivity index is 2.16. The number of anilines is 1. The van der Waals surface area contributed by atoms with Crippen LogP contribution in [0.25, 0.3) is 0 Å². The Labute approximate surface area is 120 Å². The number of hydrogen-bond donors (Lipinski definition) is 1. The van der Waals surface area contributed by atoms with Crippen LogP contribution < -0.4 is 10.1 Å². The molecule has 0 atom stereocenters. The first-order valence-corrected chi connectivity index (χ1v) is 6.72. The van der Waals surface area contributed by atoms with Crippen LogP contribution in [0.4, 0.5) is 10.1 Å².